The highest BCUT2D eigenvalue weighted by Crippen LogP contribution is 2.43. The molecule has 2 aliphatic heterocycles. The molecule has 0 radical (unpaired) electrons. The van der Waals surface area contributed by atoms with Gasteiger partial charge in [0.25, 0.3) is 0 Å². The number of rotatable bonds is 3. The number of aromatic amines is 1. The zero-order chi connectivity index (χ0) is 20.0. The van der Waals surface area contributed by atoms with Crippen molar-refractivity contribution in [2.45, 2.75) is 44.2 Å². The molecule has 1 saturated heterocycles. The van der Waals surface area contributed by atoms with E-state index in [1.165, 1.54) is 34.0 Å². The van der Waals surface area contributed by atoms with E-state index in [9.17, 15) is 4.79 Å². The van der Waals surface area contributed by atoms with E-state index in [1.807, 2.05) is 0 Å². The third-order valence-corrected chi connectivity index (χ3v) is 7.37. The fourth-order valence-corrected chi connectivity index (χ4v) is 5.79. The molecule has 3 aliphatic rings. The molecule has 1 aromatic carbocycles. The number of H-pyrrole nitrogens is 1. The van der Waals surface area contributed by atoms with Gasteiger partial charge in [0.1, 0.15) is 6.04 Å². The fraction of sp³-hybridized carbons (Fsp3) is 0.522. The summed E-state index contributed by atoms with van der Waals surface area (Å²) in [4.78, 5) is 18.4. The molecule has 6 heteroatoms. The molecule has 29 heavy (non-hydrogen) atoms. The zero-order valence-corrected chi connectivity index (χ0v) is 18.4. The van der Waals surface area contributed by atoms with E-state index in [0.717, 1.165) is 43.4 Å². The van der Waals surface area contributed by atoms with E-state index in [4.69, 9.17) is 4.74 Å². The van der Waals surface area contributed by atoms with Gasteiger partial charge in [0, 0.05) is 29.4 Å². The van der Waals surface area contributed by atoms with Crippen molar-refractivity contribution in [2.24, 2.45) is 5.92 Å². The largest absolute Gasteiger partial charge is 0.464 e. The summed E-state index contributed by atoms with van der Waals surface area (Å²) in [5.41, 5.74) is 5.23. The van der Waals surface area contributed by atoms with Crippen molar-refractivity contribution in [1.82, 2.24) is 15.2 Å². The van der Waals surface area contributed by atoms with Gasteiger partial charge >= 0.3 is 5.97 Å². The average Bonchev–Trinajstić information content (AvgIpc) is 2.89. The van der Waals surface area contributed by atoms with E-state index < -0.39 is 0 Å². The number of carbonyl (C=O) groups excluding carboxylic acids is 1. The van der Waals surface area contributed by atoms with Crippen LogP contribution in [0.3, 0.4) is 0 Å². The average molecular weight is 458 g/mol. The van der Waals surface area contributed by atoms with Gasteiger partial charge < -0.3 is 15.0 Å². The Morgan fingerprint density at radius 3 is 3.10 bits per heavy atom. The smallest absolute Gasteiger partial charge is 0.323 e. The molecule has 1 aliphatic carbocycles. The van der Waals surface area contributed by atoms with Crippen molar-refractivity contribution < 1.29 is 9.53 Å². The highest BCUT2D eigenvalue weighted by molar-refractivity contribution is 9.10. The molecule has 2 aromatic rings. The molecule has 3 heterocycles. The first-order valence-electron chi connectivity index (χ1n) is 10.7. The van der Waals surface area contributed by atoms with Crippen molar-refractivity contribution >= 4 is 38.4 Å². The molecule has 0 saturated carbocycles. The second kappa shape index (κ2) is 7.89. The van der Waals surface area contributed by atoms with Gasteiger partial charge in [0.05, 0.1) is 11.2 Å². The molecule has 0 bridgehead atoms. The highest BCUT2D eigenvalue weighted by atomic mass is 79.9. The normalized spacial score (nSPS) is 27.2. The Balaban J connectivity index is 1.37. The van der Waals surface area contributed by atoms with Gasteiger partial charge in [-0.25, -0.2) is 0 Å². The maximum absolute atomic E-state index is 12.5. The first kappa shape index (κ1) is 19.3. The number of ether oxygens (including phenoxy) is 1. The van der Waals surface area contributed by atoms with Gasteiger partial charge in [0.15, 0.2) is 0 Å². The number of aromatic nitrogens is 1. The minimum Gasteiger partial charge on any atom is -0.464 e. The topological polar surface area (TPSA) is 57.4 Å². The molecule has 5 nitrogen and oxygen atoms in total. The molecular formula is C23H28BrN3O2. The van der Waals surface area contributed by atoms with Crippen LogP contribution in [-0.2, 0) is 16.0 Å². The highest BCUT2D eigenvalue weighted by Gasteiger charge is 2.35. The van der Waals surface area contributed by atoms with Crippen LogP contribution in [0.5, 0.6) is 0 Å². The third kappa shape index (κ3) is 3.56. The van der Waals surface area contributed by atoms with Gasteiger partial charge in [0.2, 0.25) is 0 Å². The van der Waals surface area contributed by atoms with Crippen molar-refractivity contribution in [3.8, 4) is 0 Å². The van der Waals surface area contributed by atoms with Crippen molar-refractivity contribution in [2.75, 3.05) is 26.7 Å². The quantitative estimate of drug-likeness (QED) is 0.686. The van der Waals surface area contributed by atoms with Crippen LogP contribution in [0.15, 0.2) is 28.9 Å². The number of esters is 1. The molecule has 154 valence electrons. The lowest BCUT2D eigenvalue weighted by Crippen LogP contribution is -2.44. The Labute approximate surface area is 180 Å². The molecular weight excluding hydrogens is 430 g/mol. The van der Waals surface area contributed by atoms with Crippen LogP contribution in [0, 0.1) is 5.92 Å². The van der Waals surface area contributed by atoms with E-state index in [-0.39, 0.29) is 17.9 Å². The number of hydrogen-bond donors (Lipinski definition) is 2. The lowest BCUT2D eigenvalue weighted by Gasteiger charge is -2.39. The van der Waals surface area contributed by atoms with Crippen molar-refractivity contribution in [3.63, 3.8) is 0 Å². The van der Waals surface area contributed by atoms with E-state index in [1.54, 1.807) is 0 Å². The number of likely N-dealkylation sites (N-methyl/N-ethyl adjacent to an activating group) is 1. The number of fused-ring (bicyclic) bond motifs is 2. The third-order valence-electron chi connectivity index (χ3n) is 6.70. The summed E-state index contributed by atoms with van der Waals surface area (Å²) in [6.07, 6.45) is 7.69. The summed E-state index contributed by atoms with van der Waals surface area (Å²) in [6, 6.07) is 6.72. The maximum atomic E-state index is 12.5. The number of benzene rings is 1. The summed E-state index contributed by atoms with van der Waals surface area (Å²) >= 11 is 3.71. The predicted octanol–water partition coefficient (Wildman–Crippen LogP) is 3.88. The standard InChI is InChI=1S/C23H28BrN3O2/c1-27-12-14(13-29-23(28)19-7-3-2-4-9-25-19)10-16-15-6-5-8-18-21(15)17(11-20(16)27)22(24)26-18/h5-6,8,10,14,19-20,25-26H,2-4,7,9,11-13H2,1H3/t14-,19-,20-/m1/s1. The van der Waals surface area contributed by atoms with Crippen LogP contribution in [0.25, 0.3) is 16.5 Å². The van der Waals surface area contributed by atoms with Crippen LogP contribution in [0.2, 0.25) is 0 Å². The number of carbonyl (C=O) groups is 1. The summed E-state index contributed by atoms with van der Waals surface area (Å²) in [5, 5.41) is 4.67. The van der Waals surface area contributed by atoms with Gasteiger partial charge in [-0.3, -0.25) is 9.69 Å². The Morgan fingerprint density at radius 2 is 2.21 bits per heavy atom. The SMILES string of the molecule is CN1C[C@H](COC(=O)[C@H]2CCCCCN2)C=C2c3cccc4[nH]c(Br)c(c34)C[C@H]21. The Bertz CT molecular complexity index is 958. The van der Waals surface area contributed by atoms with Crippen molar-refractivity contribution in [1.29, 1.82) is 0 Å². The lowest BCUT2D eigenvalue weighted by molar-refractivity contribution is -0.147. The number of halogens is 1. The number of nitrogens with zero attached hydrogens (tertiary/aromatic N) is 1. The molecule has 2 N–H and O–H groups in total. The summed E-state index contributed by atoms with van der Waals surface area (Å²) in [7, 11) is 2.19. The second-order valence-electron chi connectivity index (χ2n) is 8.67. The maximum Gasteiger partial charge on any atom is 0.323 e. The molecule has 1 aromatic heterocycles. The Hall–Kier alpha value is -1.63. The summed E-state index contributed by atoms with van der Waals surface area (Å²) < 4.78 is 6.86. The molecule has 5 rings (SSSR count). The van der Waals surface area contributed by atoms with Gasteiger partial charge in [-0.2, -0.15) is 0 Å². The first-order valence-corrected chi connectivity index (χ1v) is 11.5. The van der Waals surface area contributed by atoms with Crippen LogP contribution in [-0.4, -0.2) is 54.7 Å². The van der Waals surface area contributed by atoms with E-state index >= 15 is 0 Å². The molecule has 0 spiro atoms. The number of nitrogens with one attached hydrogen (secondary N) is 2. The van der Waals surface area contributed by atoms with E-state index in [0.29, 0.717) is 12.6 Å². The molecule has 1 fully saturated rings. The number of hydrogen-bond acceptors (Lipinski definition) is 4. The van der Waals surface area contributed by atoms with E-state index in [2.05, 4.69) is 62.5 Å². The Morgan fingerprint density at radius 1 is 1.31 bits per heavy atom. The van der Waals surface area contributed by atoms with Crippen molar-refractivity contribution in [3.05, 3.63) is 40.0 Å². The van der Waals surface area contributed by atoms with Crippen LogP contribution in [0.4, 0.5) is 0 Å². The Kier molecular flexibility index (Phi) is 5.26. The van der Waals surface area contributed by atoms with Crippen LogP contribution < -0.4 is 5.32 Å². The minimum absolute atomic E-state index is 0.0855. The van der Waals surface area contributed by atoms with Crippen LogP contribution in [0.1, 0.15) is 36.8 Å². The molecule has 3 atom stereocenters. The van der Waals surface area contributed by atoms with Gasteiger partial charge in [-0.15, -0.1) is 0 Å². The fourth-order valence-electron chi connectivity index (χ4n) is 5.22. The molecule has 0 amide bonds. The minimum atomic E-state index is -0.137. The van der Waals surface area contributed by atoms with Gasteiger partial charge in [-0.1, -0.05) is 31.1 Å². The summed E-state index contributed by atoms with van der Waals surface area (Å²) in [6.45, 7) is 2.28. The van der Waals surface area contributed by atoms with Crippen LogP contribution >= 0.6 is 15.9 Å². The lowest BCUT2D eigenvalue weighted by atomic mass is 9.80. The zero-order valence-electron chi connectivity index (χ0n) is 16.8. The summed E-state index contributed by atoms with van der Waals surface area (Å²) in [5.74, 6) is 0.137. The second-order valence-corrected chi connectivity index (χ2v) is 9.47. The predicted molar refractivity (Wildman–Crippen MR) is 119 cm³/mol. The molecule has 0 unspecified atom stereocenters. The first-order chi connectivity index (χ1) is 14.1. The monoisotopic (exact) mass is 457 g/mol. The van der Waals surface area contributed by atoms with Gasteiger partial charge in [-0.05, 0) is 71.6 Å².